The van der Waals surface area contributed by atoms with E-state index in [1.165, 1.54) is 0 Å². The highest BCUT2D eigenvalue weighted by atomic mass is 32.1. The van der Waals surface area contributed by atoms with Gasteiger partial charge in [0.1, 0.15) is 5.52 Å². The molecule has 3 aromatic rings. The molecule has 3 rings (SSSR count). The molecule has 0 saturated carbocycles. The summed E-state index contributed by atoms with van der Waals surface area (Å²) in [6.07, 6.45) is 0. The number of amides is 1. The number of carbonyl (C=O) groups excluding carboxylic acids is 2. The quantitative estimate of drug-likeness (QED) is 0.298. The van der Waals surface area contributed by atoms with Crippen LogP contribution in [0, 0.1) is 27.6 Å². The largest absolute Gasteiger partial charge is 0.452 e. The first-order valence-electron chi connectivity index (χ1n) is 7.41. The van der Waals surface area contributed by atoms with Crippen molar-refractivity contribution in [3.8, 4) is 0 Å². The predicted molar refractivity (Wildman–Crippen MR) is 91.5 cm³/mol. The number of thiazole rings is 1. The van der Waals surface area contributed by atoms with Crippen molar-refractivity contribution in [1.82, 2.24) is 4.98 Å². The molecule has 1 N–H and O–H groups in total. The zero-order valence-corrected chi connectivity index (χ0v) is 14.4. The molecule has 0 aliphatic rings. The molecule has 0 radical (unpaired) electrons. The van der Waals surface area contributed by atoms with Crippen LogP contribution in [0.3, 0.4) is 0 Å². The summed E-state index contributed by atoms with van der Waals surface area (Å²) in [6, 6.07) is 5.28. The molecule has 0 atom stereocenters. The number of anilines is 1. The molecule has 0 aliphatic heterocycles. The van der Waals surface area contributed by atoms with Crippen LogP contribution in [-0.2, 0) is 9.53 Å². The number of rotatable bonds is 5. The van der Waals surface area contributed by atoms with Gasteiger partial charge in [0.2, 0.25) is 0 Å². The van der Waals surface area contributed by atoms with Crippen molar-refractivity contribution >= 4 is 44.2 Å². The number of benzene rings is 2. The fourth-order valence-electron chi connectivity index (χ4n) is 2.12. The minimum atomic E-state index is -1.67. The predicted octanol–water partition coefficient (Wildman–Crippen LogP) is 3.42. The molecule has 1 heterocycles. The van der Waals surface area contributed by atoms with Gasteiger partial charge >= 0.3 is 5.97 Å². The Morgan fingerprint density at radius 2 is 1.86 bits per heavy atom. The lowest BCUT2D eigenvalue weighted by atomic mass is 10.2. The maximum absolute atomic E-state index is 13.6. The lowest BCUT2D eigenvalue weighted by Crippen LogP contribution is -2.20. The number of non-ortho nitro benzene ring substituents is 1. The summed E-state index contributed by atoms with van der Waals surface area (Å²) >= 11 is 0.704. The molecule has 1 aromatic heterocycles. The van der Waals surface area contributed by atoms with E-state index in [9.17, 15) is 32.9 Å². The standard InChI is InChI=1S/C16H8F3N3O5S/c17-9-5-10-14(13(19)12(9)18)21-16(28-10)20-11(23)6-27-15(24)7-1-3-8(4-2-7)22(25)26/h1-5H,6H2,(H,20,21,23). The van der Waals surface area contributed by atoms with Crippen molar-refractivity contribution in [2.75, 3.05) is 11.9 Å². The van der Waals surface area contributed by atoms with Gasteiger partial charge in [-0.2, -0.15) is 0 Å². The minimum absolute atomic E-state index is 0.00796. The van der Waals surface area contributed by atoms with E-state index in [4.69, 9.17) is 4.74 Å². The Kier molecular flexibility index (Phi) is 5.22. The van der Waals surface area contributed by atoms with Crippen molar-refractivity contribution in [2.24, 2.45) is 0 Å². The van der Waals surface area contributed by atoms with E-state index >= 15 is 0 Å². The van der Waals surface area contributed by atoms with E-state index in [2.05, 4.69) is 10.3 Å². The maximum atomic E-state index is 13.6. The number of halogens is 3. The SMILES string of the molecule is O=C(COC(=O)c1ccc([N+](=O)[O-])cc1)Nc1nc2c(F)c(F)c(F)cc2s1. The van der Waals surface area contributed by atoms with E-state index in [1.807, 2.05) is 0 Å². The van der Waals surface area contributed by atoms with Crippen molar-refractivity contribution in [3.05, 3.63) is 63.5 Å². The van der Waals surface area contributed by atoms with Gasteiger partial charge in [0.15, 0.2) is 29.2 Å². The van der Waals surface area contributed by atoms with Crippen molar-refractivity contribution in [1.29, 1.82) is 0 Å². The number of nitrogens with one attached hydrogen (secondary N) is 1. The number of hydrogen-bond acceptors (Lipinski definition) is 7. The summed E-state index contributed by atoms with van der Waals surface area (Å²) in [5.74, 6) is -6.26. The summed E-state index contributed by atoms with van der Waals surface area (Å²) in [4.78, 5) is 37.2. The summed E-state index contributed by atoms with van der Waals surface area (Å²) in [6.45, 7) is -0.725. The number of aromatic nitrogens is 1. The van der Waals surface area contributed by atoms with Gasteiger partial charge in [-0.15, -0.1) is 0 Å². The number of fused-ring (bicyclic) bond motifs is 1. The molecule has 28 heavy (non-hydrogen) atoms. The van der Waals surface area contributed by atoms with Crippen LogP contribution in [0.25, 0.3) is 10.2 Å². The lowest BCUT2D eigenvalue weighted by Gasteiger charge is -2.04. The Morgan fingerprint density at radius 3 is 2.50 bits per heavy atom. The summed E-state index contributed by atoms with van der Waals surface area (Å²) in [7, 11) is 0. The second-order valence-electron chi connectivity index (χ2n) is 5.28. The third-order valence-corrected chi connectivity index (χ3v) is 4.33. The van der Waals surface area contributed by atoms with Gasteiger partial charge in [0, 0.05) is 12.1 Å². The van der Waals surface area contributed by atoms with Gasteiger partial charge in [-0.25, -0.2) is 22.9 Å². The number of ether oxygens (including phenoxy) is 1. The molecule has 8 nitrogen and oxygen atoms in total. The van der Waals surface area contributed by atoms with E-state index in [1.54, 1.807) is 0 Å². The summed E-state index contributed by atoms with van der Waals surface area (Å²) in [5.41, 5.74) is -0.668. The van der Waals surface area contributed by atoms with E-state index in [-0.39, 0.29) is 21.1 Å². The lowest BCUT2D eigenvalue weighted by molar-refractivity contribution is -0.384. The summed E-state index contributed by atoms with van der Waals surface area (Å²) < 4.78 is 44.8. The van der Waals surface area contributed by atoms with Crippen molar-refractivity contribution < 1.29 is 32.4 Å². The fourth-order valence-corrected chi connectivity index (χ4v) is 3.02. The molecule has 0 aliphatic carbocycles. The van der Waals surface area contributed by atoms with Crippen LogP contribution in [0.5, 0.6) is 0 Å². The Labute approximate surface area is 157 Å². The van der Waals surface area contributed by atoms with Crippen LogP contribution in [0.2, 0.25) is 0 Å². The number of hydrogen-bond donors (Lipinski definition) is 1. The number of nitrogens with zero attached hydrogens (tertiary/aromatic N) is 2. The van der Waals surface area contributed by atoms with Crippen LogP contribution in [0.15, 0.2) is 30.3 Å². The zero-order valence-electron chi connectivity index (χ0n) is 13.6. The molecular weight excluding hydrogens is 403 g/mol. The average molecular weight is 411 g/mol. The van der Waals surface area contributed by atoms with Gasteiger partial charge in [-0.1, -0.05) is 11.3 Å². The number of nitro benzene ring substituents is 1. The highest BCUT2D eigenvalue weighted by Gasteiger charge is 2.19. The molecular formula is C16H8F3N3O5S. The fraction of sp³-hybridized carbons (Fsp3) is 0.0625. The molecule has 1 amide bonds. The van der Waals surface area contributed by atoms with Crippen LogP contribution in [-0.4, -0.2) is 28.4 Å². The van der Waals surface area contributed by atoms with E-state index in [0.717, 1.165) is 30.3 Å². The van der Waals surface area contributed by atoms with Crippen LogP contribution in [0.4, 0.5) is 24.0 Å². The molecule has 0 bridgehead atoms. The van der Waals surface area contributed by atoms with Crippen LogP contribution in [0.1, 0.15) is 10.4 Å². The molecule has 144 valence electrons. The topological polar surface area (TPSA) is 111 Å². The van der Waals surface area contributed by atoms with Crippen molar-refractivity contribution in [2.45, 2.75) is 0 Å². The molecule has 0 fully saturated rings. The molecule has 0 unspecified atom stereocenters. The molecule has 2 aromatic carbocycles. The number of esters is 1. The minimum Gasteiger partial charge on any atom is -0.452 e. The van der Waals surface area contributed by atoms with Gasteiger partial charge in [0.25, 0.3) is 11.6 Å². The molecule has 0 saturated heterocycles. The molecule has 0 spiro atoms. The number of nitro groups is 1. The summed E-state index contributed by atoms with van der Waals surface area (Å²) in [5, 5.41) is 12.6. The second-order valence-corrected chi connectivity index (χ2v) is 6.31. The first kappa shape index (κ1) is 19.2. The highest BCUT2D eigenvalue weighted by molar-refractivity contribution is 7.22. The van der Waals surface area contributed by atoms with Gasteiger partial charge in [0.05, 0.1) is 15.2 Å². The number of carbonyl (C=O) groups is 2. The Balaban J connectivity index is 1.62. The first-order valence-corrected chi connectivity index (χ1v) is 8.23. The normalized spacial score (nSPS) is 10.7. The third-order valence-electron chi connectivity index (χ3n) is 3.42. The third kappa shape index (κ3) is 3.91. The average Bonchev–Trinajstić information content (AvgIpc) is 3.06. The van der Waals surface area contributed by atoms with Crippen LogP contribution >= 0.6 is 11.3 Å². The van der Waals surface area contributed by atoms with Gasteiger partial charge < -0.3 is 4.74 Å². The van der Waals surface area contributed by atoms with E-state index in [0.29, 0.717) is 11.3 Å². The second kappa shape index (κ2) is 7.60. The zero-order chi connectivity index (χ0) is 20.4. The Morgan fingerprint density at radius 1 is 1.18 bits per heavy atom. The van der Waals surface area contributed by atoms with Gasteiger partial charge in [-0.05, 0) is 18.2 Å². The Bertz CT molecular complexity index is 1100. The smallest absolute Gasteiger partial charge is 0.338 e. The first-order chi connectivity index (χ1) is 13.3. The van der Waals surface area contributed by atoms with Gasteiger partial charge in [-0.3, -0.25) is 20.2 Å². The Hall–Kier alpha value is -3.54. The van der Waals surface area contributed by atoms with E-state index < -0.39 is 46.4 Å². The molecule has 12 heteroatoms. The van der Waals surface area contributed by atoms with Crippen LogP contribution < -0.4 is 5.32 Å². The maximum Gasteiger partial charge on any atom is 0.338 e. The highest BCUT2D eigenvalue weighted by Crippen LogP contribution is 2.30. The van der Waals surface area contributed by atoms with Crippen molar-refractivity contribution in [3.63, 3.8) is 0 Å². The monoisotopic (exact) mass is 411 g/mol.